The van der Waals surface area contributed by atoms with E-state index >= 15 is 0 Å². The molecule has 0 saturated heterocycles. The molecule has 0 atom stereocenters. The monoisotopic (exact) mass is 244 g/mol. The first-order chi connectivity index (χ1) is 7.38. The maximum atomic E-state index is 11.7. The van der Waals surface area contributed by atoms with Crippen molar-refractivity contribution in [2.45, 2.75) is 11.8 Å². The first-order valence-electron chi connectivity index (χ1n) is 4.56. The average Bonchev–Trinajstić information content (AvgIpc) is 2.17. The highest BCUT2D eigenvalue weighted by molar-refractivity contribution is 7.91. The first kappa shape index (κ1) is 12.7. The SMILES string of the molecule is Cc1ccc(C(=O)O)cc1S(=O)(=O)CCO. The number of hydrogen-bond acceptors (Lipinski definition) is 4. The largest absolute Gasteiger partial charge is 0.478 e. The lowest BCUT2D eigenvalue weighted by molar-refractivity contribution is 0.0696. The van der Waals surface area contributed by atoms with Crippen molar-refractivity contribution in [2.75, 3.05) is 12.4 Å². The van der Waals surface area contributed by atoms with Gasteiger partial charge < -0.3 is 10.2 Å². The Morgan fingerprint density at radius 1 is 1.38 bits per heavy atom. The zero-order valence-corrected chi connectivity index (χ0v) is 9.49. The molecule has 0 bridgehead atoms. The van der Waals surface area contributed by atoms with Crippen LogP contribution in [0.3, 0.4) is 0 Å². The zero-order chi connectivity index (χ0) is 12.3. The number of sulfone groups is 1. The van der Waals surface area contributed by atoms with E-state index in [4.69, 9.17) is 10.2 Å². The Labute approximate surface area is 93.3 Å². The standard InChI is InChI=1S/C10H12O5S/c1-7-2-3-8(10(12)13)6-9(7)16(14,15)5-4-11/h2-3,6,11H,4-5H2,1H3,(H,12,13). The van der Waals surface area contributed by atoms with E-state index in [2.05, 4.69) is 0 Å². The third-order valence-corrected chi connectivity index (χ3v) is 3.96. The second kappa shape index (κ2) is 4.63. The van der Waals surface area contributed by atoms with Crippen LogP contribution in [0.2, 0.25) is 0 Å². The highest BCUT2D eigenvalue weighted by Gasteiger charge is 2.18. The average molecular weight is 244 g/mol. The van der Waals surface area contributed by atoms with Crippen LogP contribution in [0.25, 0.3) is 0 Å². The topological polar surface area (TPSA) is 91.7 Å². The van der Waals surface area contributed by atoms with Gasteiger partial charge in [-0.25, -0.2) is 13.2 Å². The van der Waals surface area contributed by atoms with Crippen LogP contribution in [-0.2, 0) is 9.84 Å². The van der Waals surface area contributed by atoms with Crippen LogP contribution in [-0.4, -0.2) is 37.0 Å². The summed E-state index contributed by atoms with van der Waals surface area (Å²) in [5.74, 6) is -1.59. The molecule has 2 N–H and O–H groups in total. The molecule has 0 unspecified atom stereocenters. The summed E-state index contributed by atoms with van der Waals surface area (Å²) in [6, 6.07) is 3.89. The maximum absolute atomic E-state index is 11.7. The molecule has 88 valence electrons. The number of hydrogen-bond donors (Lipinski definition) is 2. The second-order valence-corrected chi connectivity index (χ2v) is 5.41. The van der Waals surface area contributed by atoms with Gasteiger partial charge in [-0.2, -0.15) is 0 Å². The van der Waals surface area contributed by atoms with Crippen LogP contribution in [0.4, 0.5) is 0 Å². The summed E-state index contributed by atoms with van der Waals surface area (Å²) in [6.45, 7) is 1.09. The van der Waals surface area contributed by atoms with E-state index in [9.17, 15) is 13.2 Å². The molecule has 1 aromatic rings. The third kappa shape index (κ3) is 2.59. The minimum absolute atomic E-state index is 0.0403. The molecular weight excluding hydrogens is 232 g/mol. The highest BCUT2D eigenvalue weighted by Crippen LogP contribution is 2.18. The molecule has 0 amide bonds. The molecule has 0 saturated carbocycles. The van der Waals surface area contributed by atoms with Gasteiger partial charge in [-0.15, -0.1) is 0 Å². The molecule has 0 aromatic heterocycles. The van der Waals surface area contributed by atoms with Crippen molar-refractivity contribution in [1.82, 2.24) is 0 Å². The molecule has 0 aliphatic carbocycles. The fourth-order valence-electron chi connectivity index (χ4n) is 1.30. The van der Waals surface area contributed by atoms with Crippen molar-refractivity contribution in [3.05, 3.63) is 29.3 Å². The first-order valence-corrected chi connectivity index (χ1v) is 6.21. The fourth-order valence-corrected chi connectivity index (χ4v) is 2.62. The molecule has 0 spiro atoms. The number of aryl methyl sites for hydroxylation is 1. The molecule has 0 aliphatic rings. The normalized spacial score (nSPS) is 11.4. The number of aromatic carboxylic acids is 1. The van der Waals surface area contributed by atoms with Gasteiger partial charge in [0.1, 0.15) is 0 Å². The molecule has 1 rings (SSSR count). The van der Waals surface area contributed by atoms with Crippen molar-refractivity contribution in [1.29, 1.82) is 0 Å². The van der Waals surface area contributed by atoms with E-state index in [1.807, 2.05) is 0 Å². The Morgan fingerprint density at radius 2 is 2.00 bits per heavy atom. The summed E-state index contributed by atoms with van der Waals surface area (Å²) < 4.78 is 23.3. The molecule has 5 nitrogen and oxygen atoms in total. The Balaban J connectivity index is 3.33. The lowest BCUT2D eigenvalue weighted by Crippen LogP contribution is -2.12. The van der Waals surface area contributed by atoms with Gasteiger partial charge >= 0.3 is 5.97 Å². The van der Waals surface area contributed by atoms with Crippen molar-refractivity contribution in [3.8, 4) is 0 Å². The predicted molar refractivity (Wildman–Crippen MR) is 57.3 cm³/mol. The van der Waals surface area contributed by atoms with Crippen molar-refractivity contribution in [3.63, 3.8) is 0 Å². The Morgan fingerprint density at radius 3 is 2.50 bits per heavy atom. The minimum atomic E-state index is -3.61. The van der Waals surface area contributed by atoms with Crippen LogP contribution < -0.4 is 0 Å². The van der Waals surface area contributed by atoms with Crippen molar-refractivity contribution >= 4 is 15.8 Å². The number of carboxylic acids is 1. The number of benzene rings is 1. The molecule has 16 heavy (non-hydrogen) atoms. The molecule has 0 fully saturated rings. The fraction of sp³-hybridized carbons (Fsp3) is 0.300. The number of aliphatic hydroxyl groups excluding tert-OH is 1. The number of aliphatic hydroxyl groups is 1. The van der Waals surface area contributed by atoms with Crippen LogP contribution in [0.15, 0.2) is 23.1 Å². The van der Waals surface area contributed by atoms with E-state index in [1.165, 1.54) is 12.1 Å². The number of carboxylic acid groups (broad SMARTS) is 1. The van der Waals surface area contributed by atoms with Crippen LogP contribution in [0.5, 0.6) is 0 Å². The summed E-state index contributed by atoms with van der Waals surface area (Å²) in [5, 5.41) is 17.4. The zero-order valence-electron chi connectivity index (χ0n) is 8.67. The van der Waals surface area contributed by atoms with Gasteiger partial charge in [0.2, 0.25) is 0 Å². The van der Waals surface area contributed by atoms with E-state index < -0.39 is 28.2 Å². The summed E-state index contributed by atoms with van der Waals surface area (Å²) in [7, 11) is -3.61. The molecule has 1 aromatic carbocycles. The summed E-state index contributed by atoms with van der Waals surface area (Å²) in [4.78, 5) is 10.7. The summed E-state index contributed by atoms with van der Waals surface area (Å²) in [6.07, 6.45) is 0. The van der Waals surface area contributed by atoms with Gasteiger partial charge in [0.15, 0.2) is 9.84 Å². The third-order valence-electron chi connectivity index (χ3n) is 2.13. The van der Waals surface area contributed by atoms with Crippen molar-refractivity contribution in [2.24, 2.45) is 0 Å². The second-order valence-electron chi connectivity index (χ2n) is 3.33. The van der Waals surface area contributed by atoms with Crippen LogP contribution in [0.1, 0.15) is 15.9 Å². The number of rotatable bonds is 4. The highest BCUT2D eigenvalue weighted by atomic mass is 32.2. The van der Waals surface area contributed by atoms with Gasteiger partial charge in [-0.3, -0.25) is 0 Å². The lowest BCUT2D eigenvalue weighted by atomic mass is 10.1. The van der Waals surface area contributed by atoms with E-state index in [-0.39, 0.29) is 10.5 Å². The van der Waals surface area contributed by atoms with Gasteiger partial charge in [-0.05, 0) is 24.6 Å². The Hall–Kier alpha value is -1.40. The Bertz CT molecular complexity index is 504. The smallest absolute Gasteiger partial charge is 0.335 e. The van der Waals surface area contributed by atoms with Gasteiger partial charge in [-0.1, -0.05) is 6.07 Å². The van der Waals surface area contributed by atoms with Gasteiger partial charge in [0.05, 0.1) is 22.8 Å². The van der Waals surface area contributed by atoms with Gasteiger partial charge in [0.25, 0.3) is 0 Å². The van der Waals surface area contributed by atoms with E-state index in [1.54, 1.807) is 6.92 Å². The van der Waals surface area contributed by atoms with E-state index in [0.717, 1.165) is 6.07 Å². The quantitative estimate of drug-likeness (QED) is 0.802. The summed E-state index contributed by atoms with van der Waals surface area (Å²) >= 11 is 0. The Kier molecular flexibility index (Phi) is 3.66. The summed E-state index contributed by atoms with van der Waals surface area (Å²) in [5.41, 5.74) is 0.389. The maximum Gasteiger partial charge on any atom is 0.335 e. The van der Waals surface area contributed by atoms with Crippen molar-refractivity contribution < 1.29 is 23.4 Å². The predicted octanol–water partition coefficient (Wildman–Crippen LogP) is 0.459. The molecule has 0 aliphatic heterocycles. The molecule has 6 heteroatoms. The van der Waals surface area contributed by atoms with E-state index in [0.29, 0.717) is 5.56 Å². The minimum Gasteiger partial charge on any atom is -0.478 e. The van der Waals surface area contributed by atoms with Gasteiger partial charge in [0, 0.05) is 0 Å². The molecule has 0 radical (unpaired) electrons. The molecule has 0 heterocycles. The van der Waals surface area contributed by atoms with Crippen LogP contribution in [0, 0.1) is 6.92 Å². The molecular formula is C10H12O5S. The van der Waals surface area contributed by atoms with Crippen LogP contribution >= 0.6 is 0 Å². The number of carbonyl (C=O) groups is 1. The lowest BCUT2D eigenvalue weighted by Gasteiger charge is -2.07.